The van der Waals surface area contributed by atoms with Gasteiger partial charge in [-0.2, -0.15) is 0 Å². The van der Waals surface area contributed by atoms with Gasteiger partial charge in [-0.05, 0) is 48.4 Å². The van der Waals surface area contributed by atoms with Crippen LogP contribution in [0, 0.1) is 5.92 Å². The minimum atomic E-state index is -1.48. The van der Waals surface area contributed by atoms with Gasteiger partial charge in [0, 0.05) is 21.4 Å². The summed E-state index contributed by atoms with van der Waals surface area (Å²) in [7, 11) is -1.48. The Bertz CT molecular complexity index is 982. The number of nitrogens with two attached hydrogens (primary N) is 1. The van der Waals surface area contributed by atoms with E-state index in [4.69, 9.17) is 10.8 Å². The first kappa shape index (κ1) is 21.2. The Kier molecular flexibility index (Phi) is 6.49. The minimum absolute atomic E-state index is 0.133. The molecule has 1 aliphatic carbocycles. The van der Waals surface area contributed by atoms with E-state index in [0.717, 1.165) is 29.7 Å². The molecule has 4 N–H and O–H groups in total. The van der Waals surface area contributed by atoms with E-state index in [9.17, 15) is 18.6 Å². The van der Waals surface area contributed by atoms with Gasteiger partial charge in [-0.15, -0.1) is 11.3 Å². The van der Waals surface area contributed by atoms with Crippen molar-refractivity contribution in [2.24, 2.45) is 11.7 Å². The highest BCUT2D eigenvalue weighted by Gasteiger charge is 2.27. The summed E-state index contributed by atoms with van der Waals surface area (Å²) < 4.78 is 12.3. The zero-order valence-corrected chi connectivity index (χ0v) is 17.5. The molecule has 0 saturated heterocycles. The number of carboxylic acid groups (broad SMARTS) is 1. The fourth-order valence-corrected chi connectivity index (χ4v) is 5.85. The van der Waals surface area contributed by atoms with Crippen LogP contribution >= 0.6 is 11.3 Å². The van der Waals surface area contributed by atoms with Crippen LogP contribution in [-0.4, -0.2) is 32.9 Å². The smallest absolute Gasteiger partial charge is 0.335 e. The van der Waals surface area contributed by atoms with Crippen molar-refractivity contribution < 1.29 is 23.7 Å². The third-order valence-electron chi connectivity index (χ3n) is 4.83. The van der Waals surface area contributed by atoms with Crippen LogP contribution in [0.5, 0.6) is 0 Å². The molecule has 1 heterocycles. The first-order valence-electron chi connectivity index (χ1n) is 9.16. The molecule has 3 rings (SSSR count). The van der Waals surface area contributed by atoms with Gasteiger partial charge in [0.2, 0.25) is 5.91 Å². The lowest BCUT2D eigenvalue weighted by Crippen LogP contribution is -2.22. The standard InChI is InChI=1S/C20H22N2O5S2/c1-11-2-7-14-15(8-11)28-19(17(14)18(21)24)22-16(23)10-29(27)9-12-3-5-13(6-4-12)20(25)26/h3-6,11H,2,7-10H2,1H3,(H2,21,24)(H,22,23)(H,25,26). The van der Waals surface area contributed by atoms with Gasteiger partial charge in [-0.25, -0.2) is 4.79 Å². The molecule has 1 aromatic heterocycles. The number of carbonyl (C=O) groups is 3. The number of rotatable bonds is 7. The van der Waals surface area contributed by atoms with Crippen LogP contribution < -0.4 is 11.1 Å². The summed E-state index contributed by atoms with van der Waals surface area (Å²) in [5, 5.41) is 12.1. The normalized spacial score (nSPS) is 16.7. The number of primary amides is 1. The number of benzene rings is 1. The average molecular weight is 435 g/mol. The monoisotopic (exact) mass is 434 g/mol. The number of hydrogen-bond acceptors (Lipinski definition) is 5. The van der Waals surface area contributed by atoms with Crippen molar-refractivity contribution in [3.63, 3.8) is 0 Å². The number of hydrogen-bond donors (Lipinski definition) is 3. The summed E-state index contributed by atoms with van der Waals surface area (Å²) in [5.74, 6) is -1.61. The molecule has 0 saturated carbocycles. The number of anilines is 1. The summed E-state index contributed by atoms with van der Waals surface area (Å²) in [6.45, 7) is 2.15. The van der Waals surface area contributed by atoms with Crippen LogP contribution in [0.25, 0.3) is 0 Å². The summed E-state index contributed by atoms with van der Waals surface area (Å²) in [5.41, 5.74) is 7.67. The molecule has 29 heavy (non-hydrogen) atoms. The largest absolute Gasteiger partial charge is 0.478 e. The van der Waals surface area contributed by atoms with Gasteiger partial charge in [0.15, 0.2) is 0 Å². The molecule has 1 aliphatic rings. The molecule has 7 nitrogen and oxygen atoms in total. The van der Waals surface area contributed by atoms with Crippen molar-refractivity contribution in [2.45, 2.75) is 31.9 Å². The molecule has 0 fully saturated rings. The maximum atomic E-state index is 12.4. The van der Waals surface area contributed by atoms with E-state index in [-0.39, 0.29) is 17.1 Å². The lowest BCUT2D eigenvalue weighted by Gasteiger charge is -2.18. The minimum Gasteiger partial charge on any atom is -0.478 e. The van der Waals surface area contributed by atoms with Crippen molar-refractivity contribution >= 4 is 44.9 Å². The van der Waals surface area contributed by atoms with Crippen molar-refractivity contribution in [1.29, 1.82) is 0 Å². The van der Waals surface area contributed by atoms with Gasteiger partial charge >= 0.3 is 5.97 Å². The lowest BCUT2D eigenvalue weighted by molar-refractivity contribution is -0.113. The Balaban J connectivity index is 1.65. The first-order valence-corrected chi connectivity index (χ1v) is 11.5. The lowest BCUT2D eigenvalue weighted by atomic mass is 9.88. The van der Waals surface area contributed by atoms with Crippen LogP contribution in [-0.2, 0) is 34.2 Å². The zero-order valence-electron chi connectivity index (χ0n) is 15.9. The molecule has 0 bridgehead atoms. The van der Waals surface area contributed by atoms with Gasteiger partial charge in [-0.1, -0.05) is 19.1 Å². The van der Waals surface area contributed by atoms with E-state index in [1.54, 1.807) is 12.1 Å². The molecule has 2 aromatic rings. The highest BCUT2D eigenvalue weighted by Crippen LogP contribution is 2.39. The van der Waals surface area contributed by atoms with Crippen LogP contribution in [0.4, 0.5) is 5.00 Å². The predicted molar refractivity (Wildman–Crippen MR) is 113 cm³/mol. The Hall–Kier alpha value is -2.52. The second-order valence-electron chi connectivity index (χ2n) is 7.20. The third-order valence-corrected chi connectivity index (χ3v) is 7.24. The summed E-state index contributed by atoms with van der Waals surface area (Å²) in [6.07, 6.45) is 2.59. The number of fused-ring (bicyclic) bond motifs is 1. The topological polar surface area (TPSA) is 127 Å². The number of nitrogens with one attached hydrogen (secondary N) is 1. The summed E-state index contributed by atoms with van der Waals surface area (Å²) in [6, 6.07) is 6.04. The fourth-order valence-electron chi connectivity index (χ4n) is 3.39. The molecule has 9 heteroatoms. The second-order valence-corrected chi connectivity index (χ2v) is 9.76. The highest BCUT2D eigenvalue weighted by molar-refractivity contribution is 7.85. The van der Waals surface area contributed by atoms with Crippen molar-refractivity contribution in [3.05, 3.63) is 51.4 Å². The Morgan fingerprint density at radius 3 is 2.59 bits per heavy atom. The second kappa shape index (κ2) is 8.87. The molecule has 2 amide bonds. The quantitative estimate of drug-likeness (QED) is 0.617. The van der Waals surface area contributed by atoms with E-state index in [1.165, 1.54) is 23.5 Å². The predicted octanol–water partition coefficient (Wildman–Crippen LogP) is 2.56. The SMILES string of the molecule is CC1CCc2c(sc(NC(=O)CS(=O)Cc3ccc(C(=O)O)cc3)c2C(N)=O)C1. The van der Waals surface area contributed by atoms with E-state index in [0.29, 0.717) is 22.0 Å². The van der Waals surface area contributed by atoms with Crippen molar-refractivity contribution in [3.8, 4) is 0 Å². The molecule has 0 spiro atoms. The summed E-state index contributed by atoms with van der Waals surface area (Å²) >= 11 is 1.37. The van der Waals surface area contributed by atoms with Crippen molar-refractivity contribution in [2.75, 3.05) is 11.1 Å². The first-order chi connectivity index (χ1) is 13.7. The van der Waals surface area contributed by atoms with Gasteiger partial charge < -0.3 is 16.2 Å². The van der Waals surface area contributed by atoms with E-state index in [2.05, 4.69) is 12.2 Å². The number of amides is 2. The van der Waals surface area contributed by atoms with Crippen LogP contribution in [0.15, 0.2) is 24.3 Å². The van der Waals surface area contributed by atoms with Crippen molar-refractivity contribution in [1.82, 2.24) is 0 Å². The number of aromatic carboxylic acids is 1. The van der Waals surface area contributed by atoms with Crippen LogP contribution in [0.2, 0.25) is 0 Å². The molecular weight excluding hydrogens is 412 g/mol. The van der Waals surface area contributed by atoms with Gasteiger partial charge in [0.1, 0.15) is 10.8 Å². The third kappa shape index (κ3) is 5.10. The van der Waals surface area contributed by atoms with Crippen LogP contribution in [0.3, 0.4) is 0 Å². The Morgan fingerprint density at radius 2 is 1.97 bits per heavy atom. The molecular formula is C20H22N2O5S2. The summed E-state index contributed by atoms with van der Waals surface area (Å²) in [4.78, 5) is 36.3. The van der Waals surface area contributed by atoms with Crippen LogP contribution in [0.1, 0.15) is 50.1 Å². The Morgan fingerprint density at radius 1 is 1.28 bits per heavy atom. The maximum absolute atomic E-state index is 12.4. The van der Waals surface area contributed by atoms with Gasteiger partial charge in [0.05, 0.1) is 11.1 Å². The number of thiophene rings is 1. The molecule has 1 aromatic carbocycles. The van der Waals surface area contributed by atoms with Gasteiger partial charge in [-0.3, -0.25) is 13.8 Å². The molecule has 154 valence electrons. The fraction of sp³-hybridized carbons (Fsp3) is 0.350. The van der Waals surface area contributed by atoms with E-state index >= 15 is 0 Å². The zero-order chi connectivity index (χ0) is 21.1. The molecule has 0 aliphatic heterocycles. The van der Waals surface area contributed by atoms with Gasteiger partial charge in [0.25, 0.3) is 5.91 Å². The number of carboxylic acids is 1. The number of carbonyl (C=O) groups excluding carboxylic acids is 2. The van der Waals surface area contributed by atoms with E-state index < -0.39 is 28.6 Å². The molecule has 2 atom stereocenters. The highest BCUT2D eigenvalue weighted by atomic mass is 32.2. The molecule has 2 unspecified atom stereocenters. The van der Waals surface area contributed by atoms with E-state index in [1.807, 2.05) is 0 Å². The average Bonchev–Trinajstić information content (AvgIpc) is 2.98. The molecule has 0 radical (unpaired) electrons. The Labute approximate surface area is 174 Å². The maximum Gasteiger partial charge on any atom is 0.335 e.